The Kier molecular flexibility index (Phi) is 5.04. The van der Waals surface area contributed by atoms with Crippen molar-refractivity contribution in [1.29, 1.82) is 0 Å². The Morgan fingerprint density at radius 2 is 2.08 bits per heavy atom. The van der Waals surface area contributed by atoms with E-state index in [4.69, 9.17) is 4.42 Å². The van der Waals surface area contributed by atoms with E-state index >= 15 is 0 Å². The summed E-state index contributed by atoms with van der Waals surface area (Å²) in [6.07, 6.45) is 2.04. The van der Waals surface area contributed by atoms with E-state index in [9.17, 15) is 9.59 Å². The summed E-state index contributed by atoms with van der Waals surface area (Å²) in [5, 5.41) is 7.06. The fraction of sp³-hybridized carbons (Fsp3) is 0.444. The zero-order valence-electron chi connectivity index (χ0n) is 14.0. The van der Waals surface area contributed by atoms with Gasteiger partial charge in [-0.2, -0.15) is 11.3 Å². The molecule has 3 heterocycles. The smallest absolute Gasteiger partial charge is 0.255 e. The SMILES string of the molecule is Cc1cc(C(=O)NC2CCN(C(=O)Cc3ccsc3)CC2)c(C)o1. The van der Waals surface area contributed by atoms with Crippen LogP contribution in [0.1, 0.15) is 40.3 Å². The fourth-order valence-corrected chi connectivity index (χ4v) is 3.74. The van der Waals surface area contributed by atoms with E-state index in [1.54, 1.807) is 24.3 Å². The fourth-order valence-electron chi connectivity index (χ4n) is 3.07. The number of rotatable bonds is 4. The Hall–Kier alpha value is -2.08. The lowest BCUT2D eigenvalue weighted by atomic mass is 10.0. The third kappa shape index (κ3) is 3.87. The molecule has 5 nitrogen and oxygen atoms in total. The number of thiophene rings is 1. The molecule has 1 aliphatic rings. The van der Waals surface area contributed by atoms with Crippen LogP contribution >= 0.6 is 11.3 Å². The molecular weight excluding hydrogens is 324 g/mol. The zero-order valence-corrected chi connectivity index (χ0v) is 14.8. The van der Waals surface area contributed by atoms with Crippen LogP contribution in [-0.2, 0) is 11.2 Å². The Labute approximate surface area is 145 Å². The van der Waals surface area contributed by atoms with E-state index in [2.05, 4.69) is 5.32 Å². The molecule has 2 aromatic heterocycles. The Morgan fingerprint density at radius 3 is 2.67 bits per heavy atom. The molecule has 3 rings (SSSR count). The molecule has 2 amide bonds. The van der Waals surface area contributed by atoms with Crippen LogP contribution in [0.5, 0.6) is 0 Å². The Balaban J connectivity index is 1.49. The molecule has 0 radical (unpaired) electrons. The van der Waals surface area contributed by atoms with E-state index < -0.39 is 0 Å². The number of likely N-dealkylation sites (tertiary alicyclic amines) is 1. The van der Waals surface area contributed by atoms with Crippen molar-refractivity contribution in [3.05, 3.63) is 45.5 Å². The van der Waals surface area contributed by atoms with Crippen LogP contribution in [0, 0.1) is 13.8 Å². The number of carbonyl (C=O) groups is 2. The molecule has 0 aliphatic carbocycles. The molecule has 1 aliphatic heterocycles. The van der Waals surface area contributed by atoms with Crippen molar-refractivity contribution in [3.63, 3.8) is 0 Å². The number of hydrogen-bond donors (Lipinski definition) is 1. The largest absolute Gasteiger partial charge is 0.466 e. The lowest BCUT2D eigenvalue weighted by molar-refractivity contribution is -0.131. The number of furan rings is 1. The minimum atomic E-state index is -0.0904. The number of amides is 2. The number of nitrogens with zero attached hydrogens (tertiary/aromatic N) is 1. The molecule has 1 fully saturated rings. The standard InChI is InChI=1S/C18H22N2O3S/c1-12-9-16(13(2)23-12)18(22)19-15-3-6-20(7-4-15)17(21)10-14-5-8-24-11-14/h5,8-9,11,15H,3-4,6-7,10H2,1-2H3,(H,19,22). The number of carbonyl (C=O) groups excluding carboxylic acids is 2. The summed E-state index contributed by atoms with van der Waals surface area (Å²) in [7, 11) is 0. The first-order chi connectivity index (χ1) is 11.5. The maximum Gasteiger partial charge on any atom is 0.255 e. The van der Waals surface area contributed by atoms with Crippen LogP contribution < -0.4 is 5.32 Å². The van der Waals surface area contributed by atoms with Crippen molar-refractivity contribution < 1.29 is 14.0 Å². The van der Waals surface area contributed by atoms with Crippen LogP contribution in [0.3, 0.4) is 0 Å². The highest BCUT2D eigenvalue weighted by Gasteiger charge is 2.25. The van der Waals surface area contributed by atoms with Gasteiger partial charge in [-0.25, -0.2) is 0 Å². The van der Waals surface area contributed by atoms with Crippen LogP contribution in [0.2, 0.25) is 0 Å². The predicted molar refractivity (Wildman–Crippen MR) is 93.3 cm³/mol. The number of nitrogens with one attached hydrogen (secondary N) is 1. The molecule has 0 spiro atoms. The van der Waals surface area contributed by atoms with Crippen LogP contribution in [0.15, 0.2) is 27.3 Å². The topological polar surface area (TPSA) is 62.6 Å². The molecule has 0 aromatic carbocycles. The van der Waals surface area contributed by atoms with E-state index in [1.165, 1.54) is 0 Å². The molecular formula is C18H22N2O3S. The molecule has 24 heavy (non-hydrogen) atoms. The second-order valence-corrected chi connectivity index (χ2v) is 7.04. The lowest BCUT2D eigenvalue weighted by Crippen LogP contribution is -2.47. The monoisotopic (exact) mass is 346 g/mol. The number of hydrogen-bond acceptors (Lipinski definition) is 4. The predicted octanol–water partition coefficient (Wildman–Crippen LogP) is 2.92. The molecule has 0 bridgehead atoms. The van der Waals surface area contributed by atoms with Crippen molar-refractivity contribution in [1.82, 2.24) is 10.2 Å². The molecule has 6 heteroatoms. The van der Waals surface area contributed by atoms with Crippen molar-refractivity contribution in [3.8, 4) is 0 Å². The number of aryl methyl sites for hydroxylation is 2. The molecule has 1 N–H and O–H groups in total. The Morgan fingerprint density at radius 1 is 1.33 bits per heavy atom. The number of piperidine rings is 1. The summed E-state index contributed by atoms with van der Waals surface area (Å²) in [4.78, 5) is 26.5. The highest BCUT2D eigenvalue weighted by molar-refractivity contribution is 7.08. The third-order valence-corrected chi connectivity index (χ3v) is 5.14. The van der Waals surface area contributed by atoms with Gasteiger partial charge in [-0.3, -0.25) is 9.59 Å². The summed E-state index contributed by atoms with van der Waals surface area (Å²) in [6, 6.07) is 3.87. The summed E-state index contributed by atoms with van der Waals surface area (Å²) >= 11 is 1.61. The van der Waals surface area contributed by atoms with E-state index in [0.717, 1.165) is 24.2 Å². The van der Waals surface area contributed by atoms with Crippen molar-refractivity contribution in [2.75, 3.05) is 13.1 Å². The zero-order chi connectivity index (χ0) is 17.1. The first-order valence-electron chi connectivity index (χ1n) is 8.19. The molecule has 0 atom stereocenters. The van der Waals surface area contributed by atoms with Gasteiger partial charge in [-0.05, 0) is 55.1 Å². The highest BCUT2D eigenvalue weighted by Crippen LogP contribution is 2.17. The molecule has 2 aromatic rings. The first kappa shape index (κ1) is 16.8. The van der Waals surface area contributed by atoms with Gasteiger partial charge in [0, 0.05) is 19.1 Å². The maximum absolute atomic E-state index is 12.3. The minimum Gasteiger partial charge on any atom is -0.466 e. The minimum absolute atomic E-state index is 0.0904. The van der Waals surface area contributed by atoms with Gasteiger partial charge in [0.05, 0.1) is 12.0 Å². The van der Waals surface area contributed by atoms with Crippen LogP contribution in [0.25, 0.3) is 0 Å². The lowest BCUT2D eigenvalue weighted by Gasteiger charge is -2.32. The second kappa shape index (κ2) is 7.21. The van der Waals surface area contributed by atoms with E-state index in [-0.39, 0.29) is 17.9 Å². The summed E-state index contributed by atoms with van der Waals surface area (Å²) in [6.45, 7) is 5.02. The quantitative estimate of drug-likeness (QED) is 0.926. The maximum atomic E-state index is 12.3. The van der Waals surface area contributed by atoms with Gasteiger partial charge < -0.3 is 14.6 Å². The van der Waals surface area contributed by atoms with Gasteiger partial charge in [0.15, 0.2) is 0 Å². The molecule has 128 valence electrons. The van der Waals surface area contributed by atoms with Crippen molar-refractivity contribution in [2.45, 2.75) is 39.2 Å². The van der Waals surface area contributed by atoms with E-state index in [0.29, 0.717) is 30.8 Å². The average molecular weight is 346 g/mol. The first-order valence-corrected chi connectivity index (χ1v) is 9.14. The molecule has 1 saturated heterocycles. The molecule has 0 unspecified atom stereocenters. The van der Waals surface area contributed by atoms with Gasteiger partial charge in [0.2, 0.25) is 5.91 Å². The van der Waals surface area contributed by atoms with Crippen LogP contribution in [0.4, 0.5) is 0 Å². The van der Waals surface area contributed by atoms with Gasteiger partial charge in [0.25, 0.3) is 5.91 Å². The van der Waals surface area contributed by atoms with Gasteiger partial charge in [0.1, 0.15) is 11.5 Å². The summed E-state index contributed by atoms with van der Waals surface area (Å²) < 4.78 is 5.41. The van der Waals surface area contributed by atoms with Gasteiger partial charge in [-0.1, -0.05) is 0 Å². The summed E-state index contributed by atoms with van der Waals surface area (Å²) in [5.41, 5.74) is 1.68. The van der Waals surface area contributed by atoms with Crippen LogP contribution in [-0.4, -0.2) is 35.8 Å². The van der Waals surface area contributed by atoms with Crippen molar-refractivity contribution in [2.24, 2.45) is 0 Å². The second-order valence-electron chi connectivity index (χ2n) is 6.26. The third-order valence-electron chi connectivity index (χ3n) is 4.40. The summed E-state index contributed by atoms with van der Waals surface area (Å²) in [5.74, 6) is 1.46. The molecule has 0 saturated carbocycles. The van der Waals surface area contributed by atoms with E-state index in [1.807, 2.05) is 28.7 Å². The normalized spacial score (nSPS) is 15.5. The van der Waals surface area contributed by atoms with Gasteiger partial charge >= 0.3 is 0 Å². The Bertz CT molecular complexity index is 713. The van der Waals surface area contributed by atoms with Crippen molar-refractivity contribution >= 4 is 23.2 Å². The highest BCUT2D eigenvalue weighted by atomic mass is 32.1. The van der Waals surface area contributed by atoms with Gasteiger partial charge in [-0.15, -0.1) is 0 Å². The average Bonchev–Trinajstić information content (AvgIpc) is 3.17.